The fourth-order valence-corrected chi connectivity index (χ4v) is 8.13. The van der Waals surface area contributed by atoms with Gasteiger partial charge in [0, 0.05) is 24.2 Å². The monoisotopic (exact) mass is 428 g/mol. The van der Waals surface area contributed by atoms with E-state index in [-0.39, 0.29) is 38.3 Å². The molecule has 4 saturated carbocycles. The fourth-order valence-electron chi connectivity index (χ4n) is 8.13. The Labute approximate surface area is 176 Å². The van der Waals surface area contributed by atoms with E-state index < -0.39 is 64.7 Å². The van der Waals surface area contributed by atoms with Gasteiger partial charge >= 0.3 is 5.97 Å². The van der Waals surface area contributed by atoms with E-state index in [0.29, 0.717) is 19.3 Å². The molecule has 0 bridgehead atoms. The highest BCUT2D eigenvalue weighted by atomic mass is 16.5. The molecule has 4 rings (SSSR count). The highest BCUT2D eigenvalue weighted by Gasteiger charge is 2.75. The Kier molecular flexibility index (Phi) is 5.32. The Bertz CT molecular complexity index is 701. The summed E-state index contributed by atoms with van der Waals surface area (Å²) in [5, 5.41) is 66.5. The topological polar surface area (TPSA) is 148 Å². The van der Waals surface area contributed by atoms with Crippen LogP contribution in [0.2, 0.25) is 0 Å². The van der Waals surface area contributed by atoms with Gasteiger partial charge in [0.05, 0.1) is 54.1 Å². The van der Waals surface area contributed by atoms with Gasteiger partial charge in [0.25, 0.3) is 0 Å². The molecular weight excluding hydrogens is 392 g/mol. The number of carbonyl (C=O) groups is 1. The van der Waals surface area contributed by atoms with Crippen molar-refractivity contribution < 1.29 is 40.2 Å². The Hall–Kier alpha value is -0.770. The molecule has 0 aromatic heterocycles. The van der Waals surface area contributed by atoms with Crippen LogP contribution >= 0.6 is 0 Å². The van der Waals surface area contributed by atoms with E-state index in [1.165, 1.54) is 0 Å². The Morgan fingerprint density at radius 3 is 2.43 bits per heavy atom. The molecule has 30 heavy (non-hydrogen) atoms. The van der Waals surface area contributed by atoms with Gasteiger partial charge in [0.2, 0.25) is 0 Å². The third-order valence-corrected chi connectivity index (χ3v) is 9.49. The van der Waals surface area contributed by atoms with Crippen LogP contribution in [-0.2, 0) is 9.53 Å². The largest absolute Gasteiger partial charge is 0.466 e. The van der Waals surface area contributed by atoms with E-state index in [4.69, 9.17) is 4.74 Å². The van der Waals surface area contributed by atoms with E-state index in [2.05, 4.69) is 0 Å². The predicted molar refractivity (Wildman–Crippen MR) is 105 cm³/mol. The number of aliphatic hydroxyl groups is 6. The van der Waals surface area contributed by atoms with Gasteiger partial charge in [-0.2, -0.15) is 0 Å². The smallest absolute Gasteiger partial charge is 0.309 e. The van der Waals surface area contributed by atoms with Crippen molar-refractivity contribution in [1.82, 2.24) is 0 Å². The molecule has 0 aromatic carbocycles. The number of hydrogen-bond donors (Lipinski definition) is 6. The molecule has 8 nitrogen and oxygen atoms in total. The van der Waals surface area contributed by atoms with E-state index in [9.17, 15) is 35.4 Å². The molecule has 10 atom stereocenters. The molecule has 0 aliphatic heterocycles. The normalized spacial score (nSPS) is 55.3. The molecule has 0 aromatic rings. The molecule has 0 amide bonds. The third kappa shape index (κ3) is 2.58. The van der Waals surface area contributed by atoms with Crippen LogP contribution in [0.3, 0.4) is 0 Å². The first-order valence-electron chi connectivity index (χ1n) is 11.3. The number of fused-ring (bicyclic) bond motifs is 5. The molecule has 0 heterocycles. The second-order valence-electron chi connectivity index (χ2n) is 10.5. The quantitative estimate of drug-likeness (QED) is 0.336. The van der Waals surface area contributed by atoms with Crippen LogP contribution < -0.4 is 0 Å². The first-order valence-corrected chi connectivity index (χ1v) is 11.3. The molecule has 0 radical (unpaired) electrons. The number of aliphatic hydroxyl groups excluding tert-OH is 4. The summed E-state index contributed by atoms with van der Waals surface area (Å²) in [5.74, 6) is -2.15. The number of esters is 1. The summed E-state index contributed by atoms with van der Waals surface area (Å²) in [6.45, 7) is 3.25. The van der Waals surface area contributed by atoms with Crippen molar-refractivity contribution in [3.8, 4) is 0 Å². The minimum absolute atomic E-state index is 0.0000423. The molecule has 6 N–H and O–H groups in total. The van der Waals surface area contributed by atoms with Gasteiger partial charge in [-0.25, -0.2) is 0 Å². The van der Waals surface area contributed by atoms with Gasteiger partial charge in [0.1, 0.15) is 0 Å². The number of ether oxygens (including phenoxy) is 1. The highest BCUT2D eigenvalue weighted by Crippen LogP contribution is 2.69. The summed E-state index contributed by atoms with van der Waals surface area (Å²) >= 11 is 0. The summed E-state index contributed by atoms with van der Waals surface area (Å²) in [5.41, 5.74) is -5.16. The fraction of sp³-hybridized carbons (Fsp3) is 0.955. The lowest BCUT2D eigenvalue weighted by atomic mass is 9.40. The number of rotatable bonds is 3. The first-order chi connectivity index (χ1) is 14.0. The zero-order valence-electron chi connectivity index (χ0n) is 17.8. The molecule has 172 valence electrons. The number of hydrogen-bond acceptors (Lipinski definition) is 8. The van der Waals surface area contributed by atoms with Crippen LogP contribution in [0.25, 0.3) is 0 Å². The Balaban J connectivity index is 1.78. The second kappa shape index (κ2) is 7.12. The summed E-state index contributed by atoms with van der Waals surface area (Å²) < 4.78 is 5.25. The van der Waals surface area contributed by atoms with E-state index in [1.54, 1.807) is 6.92 Å². The third-order valence-electron chi connectivity index (χ3n) is 9.49. The van der Waals surface area contributed by atoms with E-state index in [1.807, 2.05) is 6.92 Å². The lowest BCUT2D eigenvalue weighted by Crippen LogP contribution is -2.75. The van der Waals surface area contributed by atoms with Gasteiger partial charge < -0.3 is 35.4 Å². The van der Waals surface area contributed by atoms with Crippen molar-refractivity contribution in [3.63, 3.8) is 0 Å². The Morgan fingerprint density at radius 2 is 1.80 bits per heavy atom. The van der Waals surface area contributed by atoms with Crippen LogP contribution in [0.15, 0.2) is 0 Å². The number of carbonyl (C=O) groups excluding carboxylic acids is 1. The highest BCUT2D eigenvalue weighted by molar-refractivity contribution is 5.74. The van der Waals surface area contributed by atoms with Crippen LogP contribution in [0.1, 0.15) is 58.8 Å². The molecule has 0 saturated heterocycles. The van der Waals surface area contributed by atoms with Crippen LogP contribution in [-0.4, -0.2) is 79.3 Å². The Morgan fingerprint density at radius 1 is 1.10 bits per heavy atom. The van der Waals surface area contributed by atoms with Gasteiger partial charge in [-0.3, -0.25) is 4.79 Å². The lowest BCUT2D eigenvalue weighted by Gasteiger charge is -2.68. The maximum absolute atomic E-state index is 12.6. The average Bonchev–Trinajstić information content (AvgIpc) is 2.92. The van der Waals surface area contributed by atoms with Crippen molar-refractivity contribution in [1.29, 1.82) is 0 Å². The standard InChI is InChI=1S/C22H36O8/c1-3-30-18(27)14-5-7-22(29)13-4-6-20(28)9-12(24)8-16(26)21(20,11-23)17(13)15(25)10-19(14,22)2/h12-17,23-26,28-29H,3-11H2,1-2H3/t12-,13+,14+,15+,16+,17+,19+,20-,21+,22+/m0/s1. The predicted octanol–water partition coefficient (Wildman–Crippen LogP) is -0.287. The van der Waals surface area contributed by atoms with E-state index >= 15 is 0 Å². The zero-order chi connectivity index (χ0) is 22.1. The van der Waals surface area contributed by atoms with Gasteiger partial charge in [-0.1, -0.05) is 6.92 Å². The summed E-state index contributed by atoms with van der Waals surface area (Å²) in [6, 6.07) is 0. The van der Waals surface area contributed by atoms with Crippen molar-refractivity contribution in [2.75, 3.05) is 13.2 Å². The molecular formula is C22H36O8. The summed E-state index contributed by atoms with van der Waals surface area (Å²) in [7, 11) is 0. The zero-order valence-corrected chi connectivity index (χ0v) is 17.8. The summed E-state index contributed by atoms with van der Waals surface area (Å²) in [6.07, 6.45) is -1.64. The van der Waals surface area contributed by atoms with Gasteiger partial charge in [0.15, 0.2) is 0 Å². The van der Waals surface area contributed by atoms with Crippen LogP contribution in [0.4, 0.5) is 0 Å². The van der Waals surface area contributed by atoms with Gasteiger partial charge in [-0.15, -0.1) is 0 Å². The molecule has 4 fully saturated rings. The molecule has 0 unspecified atom stereocenters. The van der Waals surface area contributed by atoms with E-state index in [0.717, 1.165) is 0 Å². The van der Waals surface area contributed by atoms with Crippen molar-refractivity contribution in [2.24, 2.45) is 28.6 Å². The van der Waals surface area contributed by atoms with Gasteiger partial charge in [-0.05, 0) is 44.9 Å². The van der Waals surface area contributed by atoms with Crippen molar-refractivity contribution in [2.45, 2.75) is 88.3 Å². The SMILES string of the molecule is CCOC(=O)[C@H]1CC[C@@]2(O)[C@@H]3CC[C@]4(O)C[C@@H](O)C[C@@H](O)[C@]4(CO)[C@H]3[C@H](O)C[C@]12C. The van der Waals surface area contributed by atoms with Crippen molar-refractivity contribution >= 4 is 5.97 Å². The van der Waals surface area contributed by atoms with Crippen LogP contribution in [0.5, 0.6) is 0 Å². The minimum atomic E-state index is -1.54. The summed E-state index contributed by atoms with van der Waals surface area (Å²) in [4.78, 5) is 12.6. The van der Waals surface area contributed by atoms with Crippen molar-refractivity contribution in [3.05, 3.63) is 0 Å². The molecule has 8 heteroatoms. The minimum Gasteiger partial charge on any atom is -0.466 e. The lowest BCUT2D eigenvalue weighted by molar-refractivity contribution is -0.317. The maximum atomic E-state index is 12.6. The average molecular weight is 429 g/mol. The van der Waals surface area contributed by atoms with Crippen LogP contribution in [0, 0.1) is 28.6 Å². The second-order valence-corrected chi connectivity index (χ2v) is 10.5. The molecule has 4 aliphatic rings. The molecule has 4 aliphatic carbocycles. The first kappa shape index (κ1) is 22.4. The maximum Gasteiger partial charge on any atom is 0.309 e. The molecule has 0 spiro atoms.